The molecule has 0 aromatic carbocycles. The molecule has 1 aliphatic rings. The molecule has 2 rings (SSSR count). The van der Waals surface area contributed by atoms with Crippen molar-refractivity contribution in [2.45, 2.75) is 30.7 Å². The Hall–Kier alpha value is -1.34. The van der Waals surface area contributed by atoms with E-state index in [-0.39, 0.29) is 16.8 Å². The maximum absolute atomic E-state index is 12.1. The predicted octanol–water partition coefficient (Wildman–Crippen LogP) is 0.461. The van der Waals surface area contributed by atoms with Crippen LogP contribution in [0.5, 0.6) is 0 Å². The van der Waals surface area contributed by atoms with Gasteiger partial charge in [0.05, 0.1) is 0 Å². The zero-order valence-corrected chi connectivity index (χ0v) is 12.1. The molecule has 1 aromatic heterocycles. The second-order valence-electron chi connectivity index (χ2n) is 4.98. The van der Waals surface area contributed by atoms with E-state index < -0.39 is 10.0 Å². The van der Waals surface area contributed by atoms with Crippen molar-refractivity contribution in [3.63, 3.8) is 0 Å². The van der Waals surface area contributed by atoms with Crippen molar-refractivity contribution in [3.05, 3.63) is 18.0 Å². The van der Waals surface area contributed by atoms with E-state index in [1.807, 2.05) is 6.92 Å². The molecular weight excluding hydrogens is 266 g/mol. The standard InChI is InChI=1S/C12H19N3O3S/c1-8(9-4-5-9)14-12(16)11-6-10(7-15(11)3)19(17,18)13-2/h6-9,13H,4-5H2,1-3H3,(H,14,16). The monoisotopic (exact) mass is 285 g/mol. The van der Waals surface area contributed by atoms with Crippen LogP contribution in [0.25, 0.3) is 0 Å². The van der Waals surface area contributed by atoms with Crippen molar-refractivity contribution in [3.8, 4) is 0 Å². The summed E-state index contributed by atoms with van der Waals surface area (Å²) >= 11 is 0. The number of carbonyl (C=O) groups is 1. The molecule has 0 radical (unpaired) electrons. The largest absolute Gasteiger partial charge is 0.348 e. The molecule has 1 aliphatic carbocycles. The Balaban J connectivity index is 2.18. The van der Waals surface area contributed by atoms with E-state index in [2.05, 4.69) is 10.0 Å². The Bertz CT molecular complexity index is 587. The fraction of sp³-hybridized carbons (Fsp3) is 0.583. The minimum atomic E-state index is -3.52. The van der Waals surface area contributed by atoms with Gasteiger partial charge in [0.1, 0.15) is 10.6 Å². The molecule has 0 bridgehead atoms. The second kappa shape index (κ2) is 4.97. The summed E-state index contributed by atoms with van der Waals surface area (Å²) in [4.78, 5) is 12.2. The molecule has 19 heavy (non-hydrogen) atoms. The minimum absolute atomic E-state index is 0.0988. The van der Waals surface area contributed by atoms with E-state index in [0.29, 0.717) is 11.6 Å². The highest BCUT2D eigenvalue weighted by atomic mass is 32.2. The van der Waals surface area contributed by atoms with Crippen molar-refractivity contribution in [1.29, 1.82) is 0 Å². The third kappa shape index (κ3) is 2.98. The molecule has 2 N–H and O–H groups in total. The van der Waals surface area contributed by atoms with Crippen LogP contribution in [0.4, 0.5) is 0 Å². The van der Waals surface area contributed by atoms with Gasteiger partial charge in [0, 0.05) is 19.3 Å². The lowest BCUT2D eigenvalue weighted by Gasteiger charge is -2.12. The van der Waals surface area contributed by atoms with Crippen LogP contribution >= 0.6 is 0 Å². The first kappa shape index (κ1) is 14.1. The number of amides is 1. The molecule has 106 valence electrons. The van der Waals surface area contributed by atoms with Crippen molar-refractivity contribution < 1.29 is 13.2 Å². The number of aromatic nitrogens is 1. The highest BCUT2D eigenvalue weighted by Gasteiger charge is 2.30. The maximum atomic E-state index is 12.1. The third-order valence-corrected chi connectivity index (χ3v) is 4.86. The normalized spacial score (nSPS) is 17.2. The second-order valence-corrected chi connectivity index (χ2v) is 6.87. The molecule has 1 unspecified atom stereocenters. The molecule has 0 saturated heterocycles. The predicted molar refractivity (Wildman–Crippen MR) is 71.3 cm³/mol. The van der Waals surface area contributed by atoms with Gasteiger partial charge in [0.15, 0.2) is 0 Å². The van der Waals surface area contributed by atoms with Gasteiger partial charge in [-0.15, -0.1) is 0 Å². The summed E-state index contributed by atoms with van der Waals surface area (Å²) in [6, 6.07) is 1.52. The van der Waals surface area contributed by atoms with E-state index in [0.717, 1.165) is 12.8 Å². The number of rotatable bonds is 5. The topological polar surface area (TPSA) is 80.2 Å². The number of nitrogens with zero attached hydrogens (tertiary/aromatic N) is 1. The SMILES string of the molecule is CNS(=O)(=O)c1cc(C(=O)NC(C)C2CC2)n(C)c1. The summed E-state index contributed by atoms with van der Waals surface area (Å²) in [5.74, 6) is 0.323. The summed E-state index contributed by atoms with van der Waals surface area (Å²) in [5, 5.41) is 2.91. The smallest absolute Gasteiger partial charge is 0.268 e. The first-order valence-electron chi connectivity index (χ1n) is 6.26. The van der Waals surface area contributed by atoms with Gasteiger partial charge < -0.3 is 9.88 Å². The average molecular weight is 285 g/mol. The van der Waals surface area contributed by atoms with Crippen molar-refractivity contribution in [2.75, 3.05) is 7.05 Å². The number of sulfonamides is 1. The van der Waals surface area contributed by atoms with E-state index in [1.165, 1.54) is 23.9 Å². The van der Waals surface area contributed by atoms with E-state index >= 15 is 0 Å². The Morgan fingerprint density at radius 3 is 2.63 bits per heavy atom. The van der Waals surface area contributed by atoms with Gasteiger partial charge in [-0.1, -0.05) is 0 Å². The Kier molecular flexibility index (Phi) is 3.69. The lowest BCUT2D eigenvalue weighted by atomic mass is 10.2. The number of hydrogen-bond acceptors (Lipinski definition) is 3. The Morgan fingerprint density at radius 2 is 2.11 bits per heavy atom. The van der Waals surface area contributed by atoms with Crippen LogP contribution < -0.4 is 10.0 Å². The van der Waals surface area contributed by atoms with Crippen molar-refractivity contribution in [2.24, 2.45) is 13.0 Å². The molecule has 0 aliphatic heterocycles. The summed E-state index contributed by atoms with van der Waals surface area (Å²) in [6.07, 6.45) is 3.73. The molecule has 1 aromatic rings. The lowest BCUT2D eigenvalue weighted by molar-refractivity contribution is 0.0927. The highest BCUT2D eigenvalue weighted by Crippen LogP contribution is 2.32. The van der Waals surface area contributed by atoms with Crippen LogP contribution in [-0.2, 0) is 17.1 Å². The summed E-state index contributed by atoms with van der Waals surface area (Å²) in [6.45, 7) is 1.98. The van der Waals surface area contributed by atoms with Crippen LogP contribution in [0.1, 0.15) is 30.3 Å². The van der Waals surface area contributed by atoms with Gasteiger partial charge in [-0.3, -0.25) is 4.79 Å². The summed E-state index contributed by atoms with van der Waals surface area (Å²) < 4.78 is 27.1. The van der Waals surface area contributed by atoms with Crippen molar-refractivity contribution in [1.82, 2.24) is 14.6 Å². The quantitative estimate of drug-likeness (QED) is 0.825. The zero-order valence-electron chi connectivity index (χ0n) is 11.3. The molecule has 1 heterocycles. The van der Waals surface area contributed by atoms with Gasteiger partial charge in [-0.05, 0) is 38.8 Å². The van der Waals surface area contributed by atoms with E-state index in [1.54, 1.807) is 7.05 Å². The summed E-state index contributed by atoms with van der Waals surface area (Å²) in [7, 11) is -0.514. The third-order valence-electron chi connectivity index (χ3n) is 3.48. The van der Waals surface area contributed by atoms with Crippen LogP contribution in [-0.4, -0.2) is 32.0 Å². The minimum Gasteiger partial charge on any atom is -0.348 e. The molecule has 6 nitrogen and oxygen atoms in total. The number of carbonyl (C=O) groups excluding carboxylic acids is 1. The molecule has 0 spiro atoms. The fourth-order valence-electron chi connectivity index (χ4n) is 2.02. The van der Waals surface area contributed by atoms with Crippen LogP contribution in [0.3, 0.4) is 0 Å². The van der Waals surface area contributed by atoms with Crippen LogP contribution in [0.15, 0.2) is 17.2 Å². The van der Waals surface area contributed by atoms with Gasteiger partial charge in [-0.2, -0.15) is 0 Å². The van der Waals surface area contributed by atoms with E-state index in [4.69, 9.17) is 0 Å². The number of aryl methyl sites for hydroxylation is 1. The van der Waals surface area contributed by atoms with Gasteiger partial charge in [0.2, 0.25) is 10.0 Å². The summed E-state index contributed by atoms with van der Waals surface area (Å²) in [5.41, 5.74) is 0.348. The molecule has 1 amide bonds. The molecule has 7 heteroatoms. The van der Waals surface area contributed by atoms with Crippen LogP contribution in [0, 0.1) is 5.92 Å². The first-order chi connectivity index (χ1) is 8.85. The first-order valence-corrected chi connectivity index (χ1v) is 7.74. The van der Waals surface area contributed by atoms with E-state index in [9.17, 15) is 13.2 Å². The van der Waals surface area contributed by atoms with Gasteiger partial charge in [-0.25, -0.2) is 13.1 Å². The lowest BCUT2D eigenvalue weighted by Crippen LogP contribution is -2.34. The molecule has 1 fully saturated rings. The number of nitrogens with one attached hydrogen (secondary N) is 2. The molecule has 1 atom stereocenters. The van der Waals surface area contributed by atoms with Gasteiger partial charge in [0.25, 0.3) is 5.91 Å². The fourth-order valence-corrected chi connectivity index (χ4v) is 2.82. The maximum Gasteiger partial charge on any atom is 0.268 e. The number of hydrogen-bond donors (Lipinski definition) is 2. The molecular formula is C12H19N3O3S. The molecule has 1 saturated carbocycles. The van der Waals surface area contributed by atoms with Gasteiger partial charge >= 0.3 is 0 Å². The van der Waals surface area contributed by atoms with Crippen LogP contribution in [0.2, 0.25) is 0 Å². The van der Waals surface area contributed by atoms with Crippen molar-refractivity contribution >= 4 is 15.9 Å². The zero-order chi connectivity index (χ0) is 14.2. The Labute approximate surface area is 113 Å². The average Bonchev–Trinajstić information content (AvgIpc) is 3.12. The highest BCUT2D eigenvalue weighted by molar-refractivity contribution is 7.89. The Morgan fingerprint density at radius 1 is 1.47 bits per heavy atom.